The molecule has 0 aromatic heterocycles. The molecule has 1 amide bonds. The fourth-order valence-electron chi connectivity index (χ4n) is 3.25. The molecule has 2 saturated carbocycles. The van der Waals surface area contributed by atoms with E-state index in [2.05, 4.69) is 5.32 Å². The molecule has 0 aromatic rings. The van der Waals surface area contributed by atoms with E-state index < -0.39 is 16.9 Å². The van der Waals surface area contributed by atoms with Crippen molar-refractivity contribution in [3.05, 3.63) is 0 Å². The summed E-state index contributed by atoms with van der Waals surface area (Å²) in [5.41, 5.74) is -1.82. The molecule has 20 heavy (non-hydrogen) atoms. The first-order valence-corrected chi connectivity index (χ1v) is 7.25. The van der Waals surface area contributed by atoms with Gasteiger partial charge in [-0.2, -0.15) is 0 Å². The number of carbonyl (C=O) groups excluding carboxylic acids is 1. The lowest BCUT2D eigenvalue weighted by Crippen LogP contribution is -2.76. The molecule has 2 aliphatic carbocycles. The van der Waals surface area contributed by atoms with Gasteiger partial charge in [-0.15, -0.1) is 0 Å². The van der Waals surface area contributed by atoms with Gasteiger partial charge in [-0.05, 0) is 18.8 Å². The van der Waals surface area contributed by atoms with Gasteiger partial charge in [-0.1, -0.05) is 27.7 Å². The van der Waals surface area contributed by atoms with Crippen molar-refractivity contribution >= 4 is 11.9 Å². The van der Waals surface area contributed by atoms with Gasteiger partial charge in [0.25, 0.3) is 0 Å². The van der Waals surface area contributed by atoms with Crippen LogP contribution in [0.1, 0.15) is 47.5 Å². The average molecular weight is 283 g/mol. The molecule has 0 spiro atoms. The Morgan fingerprint density at radius 2 is 1.80 bits per heavy atom. The van der Waals surface area contributed by atoms with E-state index in [-0.39, 0.29) is 23.3 Å². The van der Waals surface area contributed by atoms with Gasteiger partial charge in [-0.3, -0.25) is 4.79 Å². The molecule has 114 valence electrons. The zero-order valence-corrected chi connectivity index (χ0v) is 12.9. The highest BCUT2D eigenvalue weighted by molar-refractivity contribution is 5.91. The predicted molar refractivity (Wildman–Crippen MR) is 74.2 cm³/mol. The number of hydrogen-bond acceptors (Lipinski definition) is 3. The minimum absolute atomic E-state index is 0.00299. The number of carbonyl (C=O) groups is 2. The first-order valence-electron chi connectivity index (χ1n) is 7.25. The second-order valence-electron chi connectivity index (χ2n) is 7.31. The number of carboxylic acids is 1. The standard InChI is InChI=1S/C15H25NO4/c1-6-20-10-8-15(12(18)19,14(10,4)5)16-11(17)9-7-13(9,2)3/h9-10H,6-8H2,1-5H3,(H,16,17)(H,18,19). The zero-order valence-electron chi connectivity index (χ0n) is 12.9. The molecule has 0 saturated heterocycles. The maximum absolute atomic E-state index is 12.3. The van der Waals surface area contributed by atoms with Crippen LogP contribution in [0.3, 0.4) is 0 Å². The quantitative estimate of drug-likeness (QED) is 0.807. The lowest BCUT2D eigenvalue weighted by Gasteiger charge is -2.58. The molecule has 2 fully saturated rings. The SMILES string of the molecule is CCOC1CC(NC(=O)C2CC2(C)C)(C(=O)O)C1(C)C. The Hall–Kier alpha value is -1.10. The predicted octanol–water partition coefficient (Wildman–Crippen LogP) is 1.81. The molecular formula is C15H25NO4. The van der Waals surface area contributed by atoms with Gasteiger partial charge in [0.2, 0.25) is 5.91 Å². The summed E-state index contributed by atoms with van der Waals surface area (Å²) in [6.45, 7) is 10.2. The average Bonchev–Trinajstić information content (AvgIpc) is 2.96. The third kappa shape index (κ3) is 2.03. The Balaban J connectivity index is 2.13. The van der Waals surface area contributed by atoms with E-state index in [1.807, 2.05) is 34.6 Å². The first-order chi connectivity index (χ1) is 9.08. The van der Waals surface area contributed by atoms with Crippen LogP contribution in [0.15, 0.2) is 0 Å². The van der Waals surface area contributed by atoms with Gasteiger partial charge in [-0.25, -0.2) is 4.79 Å². The number of carboxylic acid groups (broad SMARTS) is 1. The van der Waals surface area contributed by atoms with Crippen LogP contribution in [-0.4, -0.2) is 35.2 Å². The van der Waals surface area contributed by atoms with Crippen molar-refractivity contribution in [2.24, 2.45) is 16.7 Å². The van der Waals surface area contributed by atoms with Crippen molar-refractivity contribution in [2.75, 3.05) is 6.61 Å². The molecule has 0 radical (unpaired) electrons. The summed E-state index contributed by atoms with van der Waals surface area (Å²) in [6.07, 6.45) is 1.03. The Morgan fingerprint density at radius 1 is 1.25 bits per heavy atom. The summed E-state index contributed by atoms with van der Waals surface area (Å²) in [7, 11) is 0. The summed E-state index contributed by atoms with van der Waals surface area (Å²) in [5.74, 6) is -1.17. The summed E-state index contributed by atoms with van der Waals surface area (Å²) in [4.78, 5) is 24.0. The molecule has 5 heteroatoms. The molecule has 3 atom stereocenters. The second-order valence-corrected chi connectivity index (χ2v) is 7.31. The van der Waals surface area contributed by atoms with Gasteiger partial charge in [0.15, 0.2) is 0 Å². The largest absolute Gasteiger partial charge is 0.479 e. The first kappa shape index (κ1) is 15.3. The van der Waals surface area contributed by atoms with Crippen LogP contribution in [-0.2, 0) is 14.3 Å². The second kappa shape index (κ2) is 4.45. The monoisotopic (exact) mass is 283 g/mol. The minimum Gasteiger partial charge on any atom is -0.479 e. The van der Waals surface area contributed by atoms with Crippen molar-refractivity contribution in [3.8, 4) is 0 Å². The third-order valence-corrected chi connectivity index (χ3v) is 5.30. The van der Waals surface area contributed by atoms with Crippen molar-refractivity contribution in [2.45, 2.75) is 59.1 Å². The van der Waals surface area contributed by atoms with Crippen LogP contribution in [0.25, 0.3) is 0 Å². The smallest absolute Gasteiger partial charge is 0.330 e. The molecule has 2 N–H and O–H groups in total. The van der Waals surface area contributed by atoms with E-state index >= 15 is 0 Å². The molecular weight excluding hydrogens is 258 g/mol. The lowest BCUT2D eigenvalue weighted by atomic mass is 9.54. The van der Waals surface area contributed by atoms with Crippen molar-refractivity contribution in [1.29, 1.82) is 0 Å². The molecule has 0 aliphatic heterocycles. The highest BCUT2D eigenvalue weighted by Crippen LogP contribution is 2.55. The van der Waals surface area contributed by atoms with Gasteiger partial charge < -0.3 is 15.2 Å². The topological polar surface area (TPSA) is 75.6 Å². The van der Waals surface area contributed by atoms with Crippen LogP contribution in [0.4, 0.5) is 0 Å². The number of aliphatic carboxylic acids is 1. The van der Waals surface area contributed by atoms with Crippen LogP contribution in [0, 0.1) is 16.7 Å². The van der Waals surface area contributed by atoms with Gasteiger partial charge in [0, 0.05) is 24.4 Å². The van der Waals surface area contributed by atoms with E-state index in [1.165, 1.54) is 0 Å². The third-order valence-electron chi connectivity index (χ3n) is 5.30. The van der Waals surface area contributed by atoms with E-state index in [0.717, 1.165) is 6.42 Å². The van der Waals surface area contributed by atoms with Crippen molar-refractivity contribution < 1.29 is 19.4 Å². The summed E-state index contributed by atoms with van der Waals surface area (Å²) < 4.78 is 5.58. The molecule has 0 heterocycles. The maximum atomic E-state index is 12.3. The van der Waals surface area contributed by atoms with Gasteiger partial charge in [0.05, 0.1) is 6.10 Å². The molecule has 2 rings (SSSR count). The van der Waals surface area contributed by atoms with E-state index in [0.29, 0.717) is 13.0 Å². The number of amides is 1. The molecule has 2 aliphatic rings. The van der Waals surface area contributed by atoms with Gasteiger partial charge in [0.1, 0.15) is 5.54 Å². The number of hydrogen-bond donors (Lipinski definition) is 2. The highest BCUT2D eigenvalue weighted by Gasteiger charge is 2.67. The molecule has 3 unspecified atom stereocenters. The highest BCUT2D eigenvalue weighted by atomic mass is 16.5. The van der Waals surface area contributed by atoms with E-state index in [4.69, 9.17) is 4.74 Å². The number of ether oxygens (including phenoxy) is 1. The normalized spacial score (nSPS) is 36.9. The number of rotatable bonds is 5. The summed E-state index contributed by atoms with van der Waals surface area (Å²) >= 11 is 0. The van der Waals surface area contributed by atoms with Crippen LogP contribution in [0.2, 0.25) is 0 Å². The van der Waals surface area contributed by atoms with Crippen molar-refractivity contribution in [1.82, 2.24) is 5.32 Å². The zero-order chi connectivity index (χ0) is 15.3. The van der Waals surface area contributed by atoms with E-state index in [1.54, 1.807) is 0 Å². The number of nitrogens with one attached hydrogen (secondary N) is 1. The molecule has 0 bridgehead atoms. The summed E-state index contributed by atoms with van der Waals surface area (Å²) in [6, 6.07) is 0. The fourth-order valence-corrected chi connectivity index (χ4v) is 3.25. The Morgan fingerprint density at radius 3 is 2.15 bits per heavy atom. The van der Waals surface area contributed by atoms with Crippen molar-refractivity contribution in [3.63, 3.8) is 0 Å². The minimum atomic E-state index is -1.21. The fraction of sp³-hybridized carbons (Fsp3) is 0.867. The Labute approximate surface area is 120 Å². The lowest BCUT2D eigenvalue weighted by molar-refractivity contribution is -0.195. The van der Waals surface area contributed by atoms with Crippen LogP contribution in [0.5, 0.6) is 0 Å². The van der Waals surface area contributed by atoms with Gasteiger partial charge >= 0.3 is 5.97 Å². The van der Waals surface area contributed by atoms with Crippen LogP contribution < -0.4 is 5.32 Å². The van der Waals surface area contributed by atoms with Crippen LogP contribution >= 0.6 is 0 Å². The Bertz CT molecular complexity index is 443. The Kier molecular flexibility index (Phi) is 3.40. The summed E-state index contributed by atoms with van der Waals surface area (Å²) in [5, 5.41) is 12.4. The molecule has 0 aromatic carbocycles. The maximum Gasteiger partial charge on any atom is 0.330 e. The van der Waals surface area contributed by atoms with E-state index in [9.17, 15) is 14.7 Å². The molecule has 5 nitrogen and oxygen atoms in total.